The highest BCUT2D eigenvalue weighted by Crippen LogP contribution is 2.34. The molecule has 0 aliphatic carbocycles. The minimum Gasteiger partial charge on any atom is -0.392 e. The van der Waals surface area contributed by atoms with Crippen LogP contribution < -0.4 is 0 Å². The molecule has 21 heavy (non-hydrogen) atoms. The lowest BCUT2D eigenvalue weighted by atomic mass is 9.84. The lowest BCUT2D eigenvalue weighted by Crippen LogP contribution is -2.33. The van der Waals surface area contributed by atoms with Crippen molar-refractivity contribution < 1.29 is 5.11 Å². The van der Waals surface area contributed by atoms with E-state index < -0.39 is 0 Å². The van der Waals surface area contributed by atoms with Gasteiger partial charge in [-0.05, 0) is 43.1 Å². The van der Waals surface area contributed by atoms with Crippen molar-refractivity contribution in [1.82, 2.24) is 9.88 Å². The summed E-state index contributed by atoms with van der Waals surface area (Å²) in [6, 6.07) is 10.5. The van der Waals surface area contributed by atoms with Gasteiger partial charge in [-0.15, -0.1) is 0 Å². The number of aliphatic hydroxyl groups is 1. The second-order valence-electron chi connectivity index (χ2n) is 5.84. The number of fused-ring (bicyclic) bond motifs is 1. The van der Waals surface area contributed by atoms with Crippen molar-refractivity contribution in [3.05, 3.63) is 54.3 Å². The highest BCUT2D eigenvalue weighted by atomic mass is 16.2. The lowest BCUT2D eigenvalue weighted by molar-refractivity contribution is 0.293. The Morgan fingerprint density at radius 2 is 2.29 bits per heavy atom. The Labute approximate surface area is 125 Å². The molecule has 0 bridgehead atoms. The van der Waals surface area contributed by atoms with E-state index in [-0.39, 0.29) is 6.61 Å². The van der Waals surface area contributed by atoms with Gasteiger partial charge in [0.1, 0.15) is 0 Å². The molecule has 2 N–H and O–H groups in total. The second kappa shape index (κ2) is 5.88. The van der Waals surface area contributed by atoms with Gasteiger partial charge in [-0.1, -0.05) is 36.4 Å². The molecule has 1 aliphatic rings. The van der Waals surface area contributed by atoms with Gasteiger partial charge in [0.25, 0.3) is 0 Å². The highest BCUT2D eigenvalue weighted by molar-refractivity contribution is 5.85. The van der Waals surface area contributed by atoms with Crippen molar-refractivity contribution in [2.45, 2.75) is 6.42 Å². The number of aromatic nitrogens is 1. The van der Waals surface area contributed by atoms with Crippen LogP contribution in [-0.2, 0) is 0 Å². The fourth-order valence-corrected chi connectivity index (χ4v) is 3.19. The fourth-order valence-electron chi connectivity index (χ4n) is 3.19. The van der Waals surface area contributed by atoms with Crippen molar-refractivity contribution in [3.63, 3.8) is 0 Å². The molecule has 1 saturated heterocycles. The quantitative estimate of drug-likeness (QED) is 0.849. The number of nitrogens with one attached hydrogen (secondary N) is 1. The van der Waals surface area contributed by atoms with Crippen LogP contribution in [-0.4, -0.2) is 41.7 Å². The Hall–Kier alpha value is -1.84. The van der Waals surface area contributed by atoms with Crippen LogP contribution in [0.4, 0.5) is 0 Å². The van der Waals surface area contributed by atoms with Crippen LogP contribution in [0, 0.1) is 5.92 Å². The molecular weight excluding hydrogens is 260 g/mol. The molecule has 1 aliphatic heterocycles. The Bertz CT molecular complexity index is 650. The number of H-pyrrole nitrogens is 1. The minimum atomic E-state index is 0.0969. The SMILES string of the molecule is C=C(c1cc2ccccc2[nH]1)[C@H]1CCN(C)C/C1=C/CO. The molecule has 0 spiro atoms. The van der Waals surface area contributed by atoms with Crippen LogP contribution in [0.5, 0.6) is 0 Å². The summed E-state index contributed by atoms with van der Waals surface area (Å²) in [4.78, 5) is 5.75. The molecule has 3 heteroatoms. The van der Waals surface area contributed by atoms with Crippen molar-refractivity contribution in [1.29, 1.82) is 0 Å². The molecule has 1 fully saturated rings. The van der Waals surface area contributed by atoms with E-state index in [1.54, 1.807) is 0 Å². The molecular formula is C18H22N2O. The summed E-state index contributed by atoms with van der Waals surface area (Å²) >= 11 is 0. The summed E-state index contributed by atoms with van der Waals surface area (Å²) in [6.45, 7) is 6.40. The first-order valence-corrected chi connectivity index (χ1v) is 7.44. The van der Waals surface area contributed by atoms with E-state index in [2.05, 4.69) is 47.8 Å². The van der Waals surface area contributed by atoms with Gasteiger partial charge < -0.3 is 15.0 Å². The van der Waals surface area contributed by atoms with Gasteiger partial charge in [-0.3, -0.25) is 0 Å². The summed E-state index contributed by atoms with van der Waals surface area (Å²) in [6.07, 6.45) is 2.99. The van der Waals surface area contributed by atoms with Crippen molar-refractivity contribution >= 4 is 16.5 Å². The Kier molecular flexibility index (Phi) is 3.95. The fraction of sp³-hybridized carbons (Fsp3) is 0.333. The summed E-state index contributed by atoms with van der Waals surface area (Å²) in [5.74, 6) is 0.321. The normalized spacial score (nSPS) is 22.0. The third kappa shape index (κ3) is 2.80. The predicted octanol–water partition coefficient (Wildman–Crippen LogP) is 3.05. The average molecular weight is 282 g/mol. The van der Waals surface area contributed by atoms with E-state index in [1.807, 2.05) is 12.1 Å². The Morgan fingerprint density at radius 1 is 1.48 bits per heavy atom. The molecule has 0 amide bonds. The molecule has 2 heterocycles. The third-order valence-electron chi connectivity index (χ3n) is 4.35. The number of rotatable bonds is 3. The summed E-state index contributed by atoms with van der Waals surface area (Å²) in [5.41, 5.74) is 4.65. The van der Waals surface area contributed by atoms with E-state index in [4.69, 9.17) is 0 Å². The molecule has 3 rings (SSSR count). The van der Waals surface area contributed by atoms with E-state index in [9.17, 15) is 5.11 Å². The van der Waals surface area contributed by atoms with E-state index in [0.29, 0.717) is 5.92 Å². The van der Waals surface area contributed by atoms with Gasteiger partial charge >= 0.3 is 0 Å². The van der Waals surface area contributed by atoms with Gasteiger partial charge in [0.05, 0.1) is 6.61 Å². The number of likely N-dealkylation sites (tertiary alicyclic amines) is 1. The number of piperidine rings is 1. The van der Waals surface area contributed by atoms with E-state index in [1.165, 1.54) is 11.0 Å². The molecule has 1 atom stereocenters. The number of likely N-dealkylation sites (N-methyl/N-ethyl adjacent to an activating group) is 1. The summed E-state index contributed by atoms with van der Waals surface area (Å²) in [5, 5.41) is 10.5. The van der Waals surface area contributed by atoms with Crippen LogP contribution in [0.3, 0.4) is 0 Å². The van der Waals surface area contributed by atoms with Crippen LogP contribution in [0.25, 0.3) is 16.5 Å². The molecule has 1 aromatic carbocycles. The zero-order valence-electron chi connectivity index (χ0n) is 12.5. The molecule has 2 aromatic rings. The average Bonchev–Trinajstić information content (AvgIpc) is 2.91. The van der Waals surface area contributed by atoms with E-state index >= 15 is 0 Å². The molecule has 3 nitrogen and oxygen atoms in total. The maximum absolute atomic E-state index is 9.26. The number of aromatic amines is 1. The molecule has 0 unspecified atom stereocenters. The Morgan fingerprint density at radius 3 is 3.05 bits per heavy atom. The molecule has 1 aromatic heterocycles. The second-order valence-corrected chi connectivity index (χ2v) is 5.84. The predicted molar refractivity (Wildman–Crippen MR) is 88.1 cm³/mol. The largest absolute Gasteiger partial charge is 0.392 e. The van der Waals surface area contributed by atoms with Crippen molar-refractivity contribution in [2.75, 3.05) is 26.7 Å². The van der Waals surface area contributed by atoms with Gasteiger partial charge in [0, 0.05) is 23.7 Å². The Balaban J connectivity index is 1.91. The first-order valence-electron chi connectivity index (χ1n) is 7.44. The number of allylic oxidation sites excluding steroid dienone is 1. The summed E-state index contributed by atoms with van der Waals surface area (Å²) < 4.78 is 0. The topological polar surface area (TPSA) is 39.3 Å². The number of hydrogen-bond donors (Lipinski definition) is 2. The minimum absolute atomic E-state index is 0.0969. The van der Waals surface area contributed by atoms with Gasteiger partial charge in [0.15, 0.2) is 0 Å². The highest BCUT2D eigenvalue weighted by Gasteiger charge is 2.25. The maximum atomic E-state index is 9.26. The van der Waals surface area contributed by atoms with E-state index in [0.717, 1.165) is 36.3 Å². The standard InChI is InChI=1S/C18H22N2O/c1-13(16-7-9-20(2)12-15(16)8-10-21)18-11-14-5-3-4-6-17(14)19-18/h3-6,8,11,16,19,21H,1,7,9-10,12H2,2H3/b15-8-/t16-/m1/s1. The lowest BCUT2D eigenvalue weighted by Gasteiger charge is -2.33. The monoisotopic (exact) mass is 282 g/mol. The zero-order valence-corrected chi connectivity index (χ0v) is 12.5. The van der Waals surface area contributed by atoms with Gasteiger partial charge in [-0.25, -0.2) is 0 Å². The molecule has 0 radical (unpaired) electrons. The van der Waals surface area contributed by atoms with Crippen LogP contribution in [0.1, 0.15) is 12.1 Å². The maximum Gasteiger partial charge on any atom is 0.0615 e. The van der Waals surface area contributed by atoms with Gasteiger partial charge in [-0.2, -0.15) is 0 Å². The van der Waals surface area contributed by atoms with Crippen LogP contribution in [0.2, 0.25) is 0 Å². The first-order chi connectivity index (χ1) is 10.2. The molecule has 110 valence electrons. The van der Waals surface area contributed by atoms with Crippen LogP contribution >= 0.6 is 0 Å². The smallest absolute Gasteiger partial charge is 0.0615 e. The van der Waals surface area contributed by atoms with Gasteiger partial charge in [0.2, 0.25) is 0 Å². The number of aliphatic hydroxyl groups excluding tert-OH is 1. The number of hydrogen-bond acceptors (Lipinski definition) is 2. The molecule has 0 saturated carbocycles. The zero-order chi connectivity index (χ0) is 14.8. The van der Waals surface area contributed by atoms with Crippen LogP contribution in [0.15, 0.2) is 48.6 Å². The first kappa shape index (κ1) is 14.1. The van der Waals surface area contributed by atoms with Crippen molar-refractivity contribution in [2.24, 2.45) is 5.92 Å². The third-order valence-corrected chi connectivity index (χ3v) is 4.35. The summed E-state index contributed by atoms with van der Waals surface area (Å²) in [7, 11) is 2.12. The number of nitrogens with zero attached hydrogens (tertiary/aromatic N) is 1. The van der Waals surface area contributed by atoms with Crippen molar-refractivity contribution in [3.8, 4) is 0 Å². The number of benzene rings is 1. The number of para-hydroxylation sites is 1.